The number of anilines is 1. The lowest BCUT2D eigenvalue weighted by Crippen LogP contribution is -2.36. The fourth-order valence-corrected chi connectivity index (χ4v) is 2.04. The predicted octanol–water partition coefficient (Wildman–Crippen LogP) is 0.699. The molecule has 3 N–H and O–H groups in total. The molecule has 2 rings (SSSR count). The first-order valence-electron chi connectivity index (χ1n) is 6.30. The molecule has 0 radical (unpaired) electrons. The molecule has 1 aromatic carbocycles. The molecule has 0 saturated carbocycles. The van der Waals surface area contributed by atoms with E-state index in [9.17, 15) is 0 Å². The molecule has 6 nitrogen and oxygen atoms in total. The molecule has 20 heavy (non-hydrogen) atoms. The number of thiocarbonyl (C=S) groups is 1. The van der Waals surface area contributed by atoms with Gasteiger partial charge in [-0.3, -0.25) is 5.43 Å². The summed E-state index contributed by atoms with van der Waals surface area (Å²) in [4.78, 5) is 2.26. The van der Waals surface area contributed by atoms with E-state index < -0.39 is 0 Å². The summed E-state index contributed by atoms with van der Waals surface area (Å²) >= 11 is 4.68. The Labute approximate surface area is 123 Å². The third kappa shape index (κ3) is 3.82. The van der Waals surface area contributed by atoms with Crippen LogP contribution in [-0.4, -0.2) is 44.7 Å². The molecule has 1 aliphatic heterocycles. The van der Waals surface area contributed by atoms with Crippen LogP contribution < -0.4 is 20.8 Å². The largest absolute Gasteiger partial charge is 0.496 e. The summed E-state index contributed by atoms with van der Waals surface area (Å²) in [6, 6.07) is 5.98. The number of nitrogens with two attached hydrogens (primary N) is 1. The van der Waals surface area contributed by atoms with E-state index in [1.165, 1.54) is 0 Å². The van der Waals surface area contributed by atoms with Crippen molar-refractivity contribution in [3.05, 3.63) is 23.8 Å². The van der Waals surface area contributed by atoms with Gasteiger partial charge in [-0.25, -0.2) is 0 Å². The maximum Gasteiger partial charge on any atom is 0.184 e. The van der Waals surface area contributed by atoms with Gasteiger partial charge in [-0.1, -0.05) is 0 Å². The number of rotatable bonds is 4. The number of hydrogen-bond acceptors (Lipinski definition) is 5. The monoisotopic (exact) mass is 294 g/mol. The molecule has 0 aromatic heterocycles. The number of nitrogens with zero attached hydrogens (tertiary/aromatic N) is 2. The normalized spacial score (nSPS) is 15.3. The van der Waals surface area contributed by atoms with Gasteiger partial charge in [-0.2, -0.15) is 5.10 Å². The summed E-state index contributed by atoms with van der Waals surface area (Å²) in [7, 11) is 1.64. The highest BCUT2D eigenvalue weighted by atomic mass is 32.1. The second kappa shape index (κ2) is 7.06. The van der Waals surface area contributed by atoms with Crippen molar-refractivity contribution in [3.8, 4) is 5.75 Å². The number of ether oxygens (including phenoxy) is 2. The van der Waals surface area contributed by atoms with Crippen LogP contribution in [0.1, 0.15) is 5.56 Å². The van der Waals surface area contributed by atoms with Crippen LogP contribution in [0.5, 0.6) is 5.75 Å². The van der Waals surface area contributed by atoms with Gasteiger partial charge in [0.05, 0.1) is 26.5 Å². The van der Waals surface area contributed by atoms with E-state index in [1.54, 1.807) is 13.3 Å². The van der Waals surface area contributed by atoms with Crippen LogP contribution in [0.15, 0.2) is 23.3 Å². The Morgan fingerprint density at radius 3 is 2.90 bits per heavy atom. The van der Waals surface area contributed by atoms with Crippen LogP contribution in [0, 0.1) is 0 Å². The Morgan fingerprint density at radius 1 is 1.50 bits per heavy atom. The highest BCUT2D eigenvalue weighted by molar-refractivity contribution is 7.80. The van der Waals surface area contributed by atoms with Gasteiger partial charge >= 0.3 is 0 Å². The lowest BCUT2D eigenvalue weighted by molar-refractivity contribution is 0.122. The first-order chi connectivity index (χ1) is 9.70. The van der Waals surface area contributed by atoms with E-state index in [0.717, 1.165) is 43.3 Å². The van der Waals surface area contributed by atoms with Crippen molar-refractivity contribution in [2.24, 2.45) is 10.8 Å². The molecule has 1 saturated heterocycles. The van der Waals surface area contributed by atoms with Gasteiger partial charge in [0, 0.05) is 30.4 Å². The van der Waals surface area contributed by atoms with Gasteiger partial charge in [-0.15, -0.1) is 0 Å². The minimum atomic E-state index is 0.130. The minimum Gasteiger partial charge on any atom is -0.496 e. The van der Waals surface area contributed by atoms with Crippen LogP contribution in [0.3, 0.4) is 0 Å². The van der Waals surface area contributed by atoms with Crippen molar-refractivity contribution >= 4 is 29.2 Å². The molecule has 0 spiro atoms. The molecule has 1 heterocycles. The van der Waals surface area contributed by atoms with Gasteiger partial charge in [0.2, 0.25) is 0 Å². The van der Waals surface area contributed by atoms with E-state index in [4.69, 9.17) is 15.2 Å². The highest BCUT2D eigenvalue weighted by Crippen LogP contribution is 2.25. The first-order valence-corrected chi connectivity index (χ1v) is 6.71. The maximum atomic E-state index is 5.39. The van der Waals surface area contributed by atoms with Gasteiger partial charge in [0.15, 0.2) is 5.11 Å². The second-order valence-corrected chi connectivity index (χ2v) is 4.70. The highest BCUT2D eigenvalue weighted by Gasteiger charge is 2.12. The Hall–Kier alpha value is -1.86. The Balaban J connectivity index is 2.14. The van der Waals surface area contributed by atoms with Crippen LogP contribution in [-0.2, 0) is 4.74 Å². The molecule has 0 aliphatic carbocycles. The van der Waals surface area contributed by atoms with Gasteiger partial charge in [-0.05, 0) is 24.4 Å². The predicted molar refractivity (Wildman–Crippen MR) is 83.5 cm³/mol. The Bertz CT molecular complexity index is 501. The number of benzene rings is 1. The van der Waals surface area contributed by atoms with Gasteiger partial charge < -0.3 is 20.1 Å². The fourth-order valence-electron chi connectivity index (χ4n) is 1.99. The minimum absolute atomic E-state index is 0.130. The lowest BCUT2D eigenvalue weighted by Gasteiger charge is -2.29. The third-order valence-electron chi connectivity index (χ3n) is 2.97. The third-order valence-corrected chi connectivity index (χ3v) is 3.06. The molecule has 1 aliphatic rings. The van der Waals surface area contributed by atoms with Crippen LogP contribution >= 0.6 is 12.2 Å². The van der Waals surface area contributed by atoms with Crippen molar-refractivity contribution in [1.29, 1.82) is 0 Å². The fraction of sp³-hybridized carbons (Fsp3) is 0.385. The summed E-state index contributed by atoms with van der Waals surface area (Å²) in [5.74, 6) is 0.752. The van der Waals surface area contributed by atoms with Crippen molar-refractivity contribution in [2.45, 2.75) is 0 Å². The summed E-state index contributed by atoms with van der Waals surface area (Å²) in [5.41, 5.74) is 9.80. The van der Waals surface area contributed by atoms with E-state index >= 15 is 0 Å². The molecule has 1 fully saturated rings. The molecule has 7 heteroatoms. The average Bonchev–Trinajstić information content (AvgIpc) is 2.48. The molecule has 0 bridgehead atoms. The zero-order valence-corrected chi connectivity index (χ0v) is 12.2. The molecule has 1 aromatic rings. The summed E-state index contributed by atoms with van der Waals surface area (Å²) in [5, 5.41) is 4.07. The molecular weight excluding hydrogens is 276 g/mol. The standard InChI is InChI=1S/C13H18N4O2S/c1-18-12-8-11(17-4-6-19-7-5-17)3-2-10(12)9-15-16-13(14)20/h2-3,8-9H,4-7H2,1H3,(H3,14,16,20)/b15-9-. The molecular formula is C13H18N4O2S. The van der Waals surface area contributed by atoms with Crippen molar-refractivity contribution in [1.82, 2.24) is 5.43 Å². The Morgan fingerprint density at radius 2 is 2.25 bits per heavy atom. The zero-order chi connectivity index (χ0) is 14.4. The SMILES string of the molecule is COc1cc(N2CCOCC2)ccc1/C=N\NC(N)=S. The maximum absolute atomic E-state index is 5.39. The quantitative estimate of drug-likeness (QED) is 0.484. The number of morpholine rings is 1. The van der Waals surface area contributed by atoms with Crippen molar-refractivity contribution < 1.29 is 9.47 Å². The van der Waals surface area contributed by atoms with Gasteiger partial charge in [0.25, 0.3) is 0 Å². The summed E-state index contributed by atoms with van der Waals surface area (Å²) in [6.07, 6.45) is 1.63. The first kappa shape index (κ1) is 14.5. The number of nitrogens with one attached hydrogen (secondary N) is 1. The topological polar surface area (TPSA) is 72.1 Å². The molecule has 0 unspecified atom stereocenters. The van der Waals surface area contributed by atoms with Crippen molar-refractivity contribution in [2.75, 3.05) is 38.3 Å². The number of hydrogen-bond donors (Lipinski definition) is 2. The summed E-state index contributed by atoms with van der Waals surface area (Å²) < 4.78 is 10.7. The van der Waals surface area contributed by atoms with Crippen LogP contribution in [0.25, 0.3) is 0 Å². The molecule has 0 atom stereocenters. The number of hydrazone groups is 1. The van der Waals surface area contributed by atoms with Crippen LogP contribution in [0.4, 0.5) is 5.69 Å². The summed E-state index contributed by atoms with van der Waals surface area (Å²) in [6.45, 7) is 3.28. The van der Waals surface area contributed by atoms with E-state index in [1.807, 2.05) is 18.2 Å². The smallest absolute Gasteiger partial charge is 0.184 e. The van der Waals surface area contributed by atoms with Crippen LogP contribution in [0.2, 0.25) is 0 Å². The van der Waals surface area contributed by atoms with E-state index in [-0.39, 0.29) is 5.11 Å². The second-order valence-electron chi connectivity index (χ2n) is 4.26. The van der Waals surface area contributed by atoms with Crippen molar-refractivity contribution in [3.63, 3.8) is 0 Å². The molecule has 108 valence electrons. The molecule has 0 amide bonds. The Kier molecular flexibility index (Phi) is 5.14. The number of methoxy groups -OCH3 is 1. The average molecular weight is 294 g/mol. The van der Waals surface area contributed by atoms with E-state index in [0.29, 0.717) is 0 Å². The van der Waals surface area contributed by atoms with E-state index in [2.05, 4.69) is 27.6 Å². The van der Waals surface area contributed by atoms with Gasteiger partial charge in [0.1, 0.15) is 5.75 Å². The lowest BCUT2D eigenvalue weighted by atomic mass is 10.1. The zero-order valence-electron chi connectivity index (χ0n) is 11.3.